The summed E-state index contributed by atoms with van der Waals surface area (Å²) in [6, 6.07) is 1.19. The second-order valence-corrected chi connectivity index (χ2v) is 7.00. The molecule has 26 heavy (non-hydrogen) atoms. The van der Waals surface area contributed by atoms with Gasteiger partial charge in [-0.3, -0.25) is 14.3 Å². The first-order valence-electron chi connectivity index (χ1n) is 8.96. The summed E-state index contributed by atoms with van der Waals surface area (Å²) < 4.78 is 6.40. The number of carbonyl (C=O) groups excluding carboxylic acids is 2. The van der Waals surface area contributed by atoms with E-state index in [1.807, 2.05) is 0 Å². The molecular weight excluding hydrogens is 358 g/mol. The number of halogens is 1. The Morgan fingerprint density at radius 2 is 2.04 bits per heavy atom. The number of methoxy groups -OCH3 is 1. The first kappa shape index (κ1) is 20.7. The van der Waals surface area contributed by atoms with Crippen LogP contribution >= 0.6 is 12.4 Å². The predicted octanol–water partition coefficient (Wildman–Crippen LogP) is 0.927. The highest BCUT2D eigenvalue weighted by molar-refractivity contribution is 5.90. The normalized spacial score (nSPS) is 24.0. The number of piperidine rings is 1. The van der Waals surface area contributed by atoms with Crippen LogP contribution in [0.1, 0.15) is 32.1 Å². The molecule has 3 rings (SSSR count). The van der Waals surface area contributed by atoms with Gasteiger partial charge in [0.1, 0.15) is 6.54 Å². The Morgan fingerprint density at radius 3 is 2.73 bits per heavy atom. The average Bonchev–Trinajstić information content (AvgIpc) is 3.13. The highest BCUT2D eigenvalue weighted by Gasteiger charge is 2.34. The van der Waals surface area contributed by atoms with E-state index in [0.717, 1.165) is 12.8 Å². The number of anilines is 1. The highest BCUT2D eigenvalue weighted by Crippen LogP contribution is 2.32. The van der Waals surface area contributed by atoms with Gasteiger partial charge in [0, 0.05) is 38.4 Å². The molecule has 2 amide bonds. The maximum Gasteiger partial charge on any atom is 0.241 e. The molecule has 2 atom stereocenters. The Balaban J connectivity index is 0.00000243. The number of hydrogen-bond donors (Lipinski definition) is 3. The van der Waals surface area contributed by atoms with Crippen LogP contribution in [0, 0.1) is 5.92 Å². The van der Waals surface area contributed by atoms with Crippen molar-refractivity contribution in [1.82, 2.24) is 20.4 Å². The maximum atomic E-state index is 12.3. The summed E-state index contributed by atoms with van der Waals surface area (Å²) >= 11 is 0. The molecule has 3 heterocycles. The van der Waals surface area contributed by atoms with Gasteiger partial charge in [0.25, 0.3) is 0 Å². The average molecular weight is 386 g/mol. The fourth-order valence-corrected chi connectivity index (χ4v) is 3.83. The van der Waals surface area contributed by atoms with E-state index in [9.17, 15) is 9.59 Å². The zero-order valence-corrected chi connectivity index (χ0v) is 15.9. The first-order chi connectivity index (χ1) is 12.1. The fourth-order valence-electron chi connectivity index (χ4n) is 3.83. The minimum absolute atomic E-state index is 0. The van der Waals surface area contributed by atoms with Crippen LogP contribution in [0.5, 0.6) is 0 Å². The Labute approximate surface area is 159 Å². The standard InChI is InChI=1S/C17H27N5O3.ClH/c1-25-5-4-18-17(24)11-22-10-15(9-19-22)21-16(23)8-12-6-13-2-3-14(7-12)20-13;/h9-10,12-14,20H,2-8,11H2,1H3,(H,18,24)(H,21,23);1H. The molecular formula is C17H28ClN5O3. The molecule has 2 fully saturated rings. The molecule has 146 valence electrons. The van der Waals surface area contributed by atoms with Gasteiger partial charge in [0.15, 0.2) is 0 Å². The highest BCUT2D eigenvalue weighted by atomic mass is 35.5. The number of fused-ring (bicyclic) bond motifs is 2. The Hall–Kier alpha value is -1.64. The number of aromatic nitrogens is 2. The molecule has 2 unspecified atom stereocenters. The molecule has 8 nitrogen and oxygen atoms in total. The zero-order valence-electron chi connectivity index (χ0n) is 15.1. The summed E-state index contributed by atoms with van der Waals surface area (Å²) in [5.74, 6) is 0.346. The molecule has 2 bridgehead atoms. The van der Waals surface area contributed by atoms with Crippen molar-refractivity contribution in [2.45, 2.75) is 50.7 Å². The lowest BCUT2D eigenvalue weighted by Crippen LogP contribution is -2.39. The van der Waals surface area contributed by atoms with E-state index < -0.39 is 0 Å². The molecule has 2 saturated heterocycles. The van der Waals surface area contributed by atoms with Crippen LogP contribution in [0.2, 0.25) is 0 Å². The van der Waals surface area contributed by atoms with Gasteiger partial charge in [-0.15, -0.1) is 12.4 Å². The van der Waals surface area contributed by atoms with Crippen LogP contribution in [-0.4, -0.2) is 53.9 Å². The van der Waals surface area contributed by atoms with Crippen molar-refractivity contribution in [2.24, 2.45) is 5.92 Å². The molecule has 0 spiro atoms. The fraction of sp³-hybridized carbons (Fsp3) is 0.706. The van der Waals surface area contributed by atoms with E-state index >= 15 is 0 Å². The lowest BCUT2D eigenvalue weighted by molar-refractivity contribution is -0.122. The van der Waals surface area contributed by atoms with Crippen molar-refractivity contribution in [2.75, 3.05) is 25.6 Å². The predicted molar refractivity (Wildman–Crippen MR) is 100 cm³/mol. The van der Waals surface area contributed by atoms with Crippen LogP contribution < -0.4 is 16.0 Å². The number of hydrogen-bond acceptors (Lipinski definition) is 5. The molecule has 0 aliphatic carbocycles. The van der Waals surface area contributed by atoms with Crippen LogP contribution in [0.3, 0.4) is 0 Å². The summed E-state index contributed by atoms with van der Waals surface area (Å²) in [6.45, 7) is 1.07. The lowest BCUT2D eigenvalue weighted by Gasteiger charge is -2.28. The van der Waals surface area contributed by atoms with Gasteiger partial charge < -0.3 is 20.7 Å². The second kappa shape index (κ2) is 9.89. The van der Waals surface area contributed by atoms with Gasteiger partial charge in [-0.1, -0.05) is 0 Å². The lowest BCUT2D eigenvalue weighted by atomic mass is 9.89. The van der Waals surface area contributed by atoms with E-state index in [4.69, 9.17) is 4.74 Å². The molecule has 2 aliphatic heterocycles. The van der Waals surface area contributed by atoms with Crippen molar-refractivity contribution in [3.63, 3.8) is 0 Å². The van der Waals surface area contributed by atoms with Crippen molar-refractivity contribution in [1.29, 1.82) is 0 Å². The molecule has 0 radical (unpaired) electrons. The molecule has 1 aromatic heterocycles. The number of nitrogens with one attached hydrogen (secondary N) is 3. The Bertz CT molecular complexity index is 597. The summed E-state index contributed by atoms with van der Waals surface area (Å²) in [7, 11) is 1.59. The summed E-state index contributed by atoms with van der Waals surface area (Å²) in [4.78, 5) is 24.0. The van der Waals surface area contributed by atoms with Gasteiger partial charge in [0.05, 0.1) is 18.5 Å². The molecule has 2 aliphatic rings. The van der Waals surface area contributed by atoms with Crippen LogP contribution in [0.4, 0.5) is 5.69 Å². The molecule has 1 aromatic rings. The molecule has 0 saturated carbocycles. The molecule has 3 N–H and O–H groups in total. The van der Waals surface area contributed by atoms with Gasteiger partial charge in [-0.2, -0.15) is 5.10 Å². The number of ether oxygens (including phenoxy) is 1. The zero-order chi connectivity index (χ0) is 17.6. The van der Waals surface area contributed by atoms with Crippen LogP contribution in [-0.2, 0) is 20.9 Å². The van der Waals surface area contributed by atoms with E-state index in [-0.39, 0.29) is 30.8 Å². The third kappa shape index (κ3) is 5.96. The monoisotopic (exact) mass is 385 g/mol. The largest absolute Gasteiger partial charge is 0.383 e. The second-order valence-electron chi connectivity index (χ2n) is 7.00. The Kier molecular flexibility index (Phi) is 7.86. The van der Waals surface area contributed by atoms with Crippen LogP contribution in [0.15, 0.2) is 12.4 Å². The quantitative estimate of drug-likeness (QED) is 0.578. The number of amides is 2. The van der Waals surface area contributed by atoms with E-state index in [2.05, 4.69) is 21.0 Å². The molecule has 9 heteroatoms. The topological polar surface area (TPSA) is 97.3 Å². The van der Waals surface area contributed by atoms with Crippen molar-refractivity contribution >= 4 is 29.9 Å². The van der Waals surface area contributed by atoms with Crippen molar-refractivity contribution in [3.8, 4) is 0 Å². The summed E-state index contributed by atoms with van der Waals surface area (Å²) in [5.41, 5.74) is 0.631. The number of carbonyl (C=O) groups is 2. The number of rotatable bonds is 8. The van der Waals surface area contributed by atoms with Crippen molar-refractivity contribution in [3.05, 3.63) is 12.4 Å². The van der Waals surface area contributed by atoms with E-state index in [0.29, 0.717) is 43.3 Å². The van der Waals surface area contributed by atoms with Gasteiger partial charge in [-0.05, 0) is 31.6 Å². The smallest absolute Gasteiger partial charge is 0.241 e. The van der Waals surface area contributed by atoms with Crippen LogP contribution in [0.25, 0.3) is 0 Å². The number of nitrogens with zero attached hydrogens (tertiary/aromatic N) is 2. The maximum absolute atomic E-state index is 12.3. The molecule has 0 aromatic carbocycles. The summed E-state index contributed by atoms with van der Waals surface area (Å²) in [5, 5.41) is 13.3. The van der Waals surface area contributed by atoms with E-state index in [1.165, 1.54) is 17.5 Å². The van der Waals surface area contributed by atoms with Gasteiger partial charge in [0.2, 0.25) is 11.8 Å². The third-order valence-corrected chi connectivity index (χ3v) is 4.90. The Morgan fingerprint density at radius 1 is 1.31 bits per heavy atom. The minimum Gasteiger partial charge on any atom is -0.383 e. The van der Waals surface area contributed by atoms with E-state index in [1.54, 1.807) is 19.5 Å². The van der Waals surface area contributed by atoms with Gasteiger partial charge >= 0.3 is 0 Å². The van der Waals surface area contributed by atoms with Gasteiger partial charge in [-0.25, -0.2) is 0 Å². The first-order valence-corrected chi connectivity index (χ1v) is 8.96. The van der Waals surface area contributed by atoms with Crippen molar-refractivity contribution < 1.29 is 14.3 Å². The SMILES string of the molecule is COCCNC(=O)Cn1cc(NC(=O)CC2CC3CCC(C2)N3)cn1.Cl. The third-order valence-electron chi connectivity index (χ3n) is 4.90. The minimum atomic E-state index is -0.136. The summed E-state index contributed by atoms with van der Waals surface area (Å²) in [6.07, 6.45) is 8.46.